The third-order valence-corrected chi connectivity index (χ3v) is 3.68. The van der Waals surface area contributed by atoms with E-state index in [-0.39, 0.29) is 5.17 Å². The van der Waals surface area contributed by atoms with E-state index in [1.165, 1.54) is 6.26 Å². The number of rotatable bonds is 9. The van der Waals surface area contributed by atoms with Crippen molar-refractivity contribution in [3.63, 3.8) is 0 Å². The van der Waals surface area contributed by atoms with Gasteiger partial charge in [0.05, 0.1) is 25.5 Å². The predicted octanol–water partition coefficient (Wildman–Crippen LogP) is 0.738. The first-order valence-electron chi connectivity index (χ1n) is 7.42. The highest BCUT2D eigenvalue weighted by molar-refractivity contribution is 6.85. The maximum Gasteiger partial charge on any atom is 0.202 e. The van der Waals surface area contributed by atoms with Gasteiger partial charge in [-0.05, 0) is 12.1 Å². The van der Waals surface area contributed by atoms with Gasteiger partial charge in [-0.2, -0.15) is 5.26 Å². The summed E-state index contributed by atoms with van der Waals surface area (Å²) in [6, 6.07) is 4.75. The number of furan rings is 1. The highest BCUT2D eigenvalue weighted by Crippen LogP contribution is 2.22. The van der Waals surface area contributed by atoms with Crippen LogP contribution in [-0.4, -0.2) is 63.2 Å². The topological polar surface area (TPSA) is 104 Å². The van der Waals surface area contributed by atoms with Gasteiger partial charge in [-0.3, -0.25) is 10.6 Å². The Morgan fingerprint density at radius 2 is 2.00 bits per heavy atom. The number of hydrogen-bond donors (Lipinski definition) is 2. The summed E-state index contributed by atoms with van der Waals surface area (Å²) in [6.07, 6.45) is 1.52. The SMILES string of the molecule is COCCNC1(NCCOC)N=C(c2ccco2)C(Cl)=NC1C#N. The van der Waals surface area contributed by atoms with Crippen molar-refractivity contribution in [1.82, 2.24) is 10.6 Å². The number of nitrogens with zero attached hydrogens (tertiary/aromatic N) is 3. The Bertz CT molecular complexity index is 614. The average Bonchev–Trinajstić information content (AvgIpc) is 3.11. The Labute approximate surface area is 145 Å². The van der Waals surface area contributed by atoms with Crippen molar-refractivity contribution < 1.29 is 13.9 Å². The molecule has 2 heterocycles. The van der Waals surface area contributed by atoms with Crippen molar-refractivity contribution in [3.8, 4) is 6.07 Å². The molecule has 0 radical (unpaired) electrons. The van der Waals surface area contributed by atoms with Crippen LogP contribution in [0.4, 0.5) is 0 Å². The second-order valence-electron chi connectivity index (χ2n) is 4.99. The van der Waals surface area contributed by atoms with Crippen LogP contribution in [0.15, 0.2) is 32.8 Å². The Morgan fingerprint density at radius 3 is 2.50 bits per heavy atom. The molecule has 0 saturated heterocycles. The van der Waals surface area contributed by atoms with Gasteiger partial charge in [0.15, 0.2) is 17.0 Å². The van der Waals surface area contributed by atoms with Crippen LogP contribution >= 0.6 is 11.6 Å². The Balaban J connectivity index is 2.36. The first kappa shape index (κ1) is 18.6. The average molecular weight is 354 g/mol. The van der Waals surface area contributed by atoms with Gasteiger partial charge < -0.3 is 13.9 Å². The van der Waals surface area contributed by atoms with Crippen molar-refractivity contribution >= 4 is 22.5 Å². The Kier molecular flexibility index (Phi) is 6.90. The molecule has 2 rings (SSSR count). The summed E-state index contributed by atoms with van der Waals surface area (Å²) in [4.78, 5) is 8.91. The molecule has 0 amide bonds. The molecule has 8 nitrogen and oxygen atoms in total. The third kappa shape index (κ3) is 4.20. The van der Waals surface area contributed by atoms with Crippen molar-refractivity contribution in [2.24, 2.45) is 9.98 Å². The summed E-state index contributed by atoms with van der Waals surface area (Å²) in [5, 5.41) is 16.1. The van der Waals surface area contributed by atoms with E-state index < -0.39 is 11.8 Å². The van der Waals surface area contributed by atoms with Crippen LogP contribution in [0.1, 0.15) is 5.76 Å². The molecule has 24 heavy (non-hydrogen) atoms. The van der Waals surface area contributed by atoms with E-state index in [0.717, 1.165) is 0 Å². The zero-order chi connectivity index (χ0) is 17.4. The van der Waals surface area contributed by atoms with E-state index in [1.54, 1.807) is 26.4 Å². The van der Waals surface area contributed by atoms with E-state index in [0.29, 0.717) is 37.8 Å². The standard InChI is InChI=1S/C15H20ClN5O3/c1-22-8-5-18-15(19-6-9-23-2)12(10-17)20-14(16)13(21-15)11-4-3-7-24-11/h3-4,7,12,18-19H,5-6,8-9H2,1-2H3. The van der Waals surface area contributed by atoms with Gasteiger partial charge in [0.1, 0.15) is 5.71 Å². The molecule has 1 aliphatic rings. The molecule has 0 spiro atoms. The molecule has 0 aliphatic carbocycles. The lowest BCUT2D eigenvalue weighted by Crippen LogP contribution is -2.65. The van der Waals surface area contributed by atoms with Crippen LogP contribution in [0.25, 0.3) is 0 Å². The minimum atomic E-state index is -1.15. The molecule has 0 fully saturated rings. The van der Waals surface area contributed by atoms with E-state index in [9.17, 15) is 5.26 Å². The molecular formula is C15H20ClN5O3. The van der Waals surface area contributed by atoms with Crippen LogP contribution in [0.5, 0.6) is 0 Å². The molecule has 9 heteroatoms. The van der Waals surface area contributed by atoms with Crippen LogP contribution in [-0.2, 0) is 9.47 Å². The zero-order valence-corrected chi connectivity index (χ0v) is 14.3. The smallest absolute Gasteiger partial charge is 0.202 e. The van der Waals surface area contributed by atoms with Crippen molar-refractivity contribution in [2.75, 3.05) is 40.5 Å². The summed E-state index contributed by atoms with van der Waals surface area (Å²) in [7, 11) is 3.20. The summed E-state index contributed by atoms with van der Waals surface area (Å²) >= 11 is 6.20. The molecule has 0 aromatic carbocycles. The zero-order valence-electron chi connectivity index (χ0n) is 13.6. The first-order chi connectivity index (χ1) is 11.7. The van der Waals surface area contributed by atoms with Crippen molar-refractivity contribution in [2.45, 2.75) is 11.8 Å². The number of hydrogen-bond acceptors (Lipinski definition) is 8. The van der Waals surface area contributed by atoms with Gasteiger partial charge in [-0.1, -0.05) is 11.6 Å². The van der Waals surface area contributed by atoms with Gasteiger partial charge in [0.2, 0.25) is 5.79 Å². The third-order valence-electron chi connectivity index (χ3n) is 3.40. The summed E-state index contributed by atoms with van der Waals surface area (Å²) in [5.74, 6) is -0.668. The maximum atomic E-state index is 9.52. The molecule has 1 aliphatic heterocycles. The molecule has 1 unspecified atom stereocenters. The second-order valence-corrected chi connectivity index (χ2v) is 5.35. The number of nitrogens with one attached hydrogen (secondary N) is 2. The molecule has 1 atom stereocenters. The fourth-order valence-electron chi connectivity index (χ4n) is 2.27. The summed E-state index contributed by atoms with van der Waals surface area (Å²) < 4.78 is 15.5. The number of aliphatic imine (C=N–C) groups is 2. The van der Waals surface area contributed by atoms with Crippen LogP contribution in [0.2, 0.25) is 0 Å². The molecule has 1 aromatic rings. The largest absolute Gasteiger partial charge is 0.463 e. The minimum absolute atomic E-state index is 0.134. The minimum Gasteiger partial charge on any atom is -0.463 e. The molecule has 2 N–H and O–H groups in total. The number of halogens is 1. The lowest BCUT2D eigenvalue weighted by Gasteiger charge is -2.36. The van der Waals surface area contributed by atoms with Gasteiger partial charge in [0, 0.05) is 27.3 Å². The Morgan fingerprint density at radius 1 is 1.33 bits per heavy atom. The summed E-state index contributed by atoms with van der Waals surface area (Å²) in [5.41, 5.74) is 0.378. The normalized spacial score (nSPS) is 19.5. The van der Waals surface area contributed by atoms with E-state index in [1.807, 2.05) is 0 Å². The maximum absolute atomic E-state index is 9.52. The number of nitriles is 1. The highest BCUT2D eigenvalue weighted by atomic mass is 35.5. The van der Waals surface area contributed by atoms with Crippen molar-refractivity contribution in [3.05, 3.63) is 24.2 Å². The fourth-order valence-corrected chi connectivity index (χ4v) is 2.50. The molecule has 130 valence electrons. The van der Waals surface area contributed by atoms with Gasteiger partial charge in [0.25, 0.3) is 0 Å². The van der Waals surface area contributed by atoms with E-state index in [4.69, 9.17) is 25.5 Å². The predicted molar refractivity (Wildman–Crippen MR) is 90.4 cm³/mol. The Hall–Kier alpha value is -1.76. The van der Waals surface area contributed by atoms with Gasteiger partial charge in [-0.25, -0.2) is 9.98 Å². The molecule has 0 saturated carbocycles. The van der Waals surface area contributed by atoms with Crippen LogP contribution in [0, 0.1) is 11.3 Å². The first-order valence-corrected chi connectivity index (χ1v) is 7.79. The summed E-state index contributed by atoms with van der Waals surface area (Å²) in [6.45, 7) is 1.84. The fraction of sp³-hybridized carbons (Fsp3) is 0.533. The van der Waals surface area contributed by atoms with Gasteiger partial charge in [-0.15, -0.1) is 0 Å². The second kappa shape index (κ2) is 8.92. The van der Waals surface area contributed by atoms with Crippen LogP contribution in [0.3, 0.4) is 0 Å². The van der Waals surface area contributed by atoms with E-state index >= 15 is 0 Å². The van der Waals surface area contributed by atoms with Crippen molar-refractivity contribution in [1.29, 1.82) is 5.26 Å². The molecule has 1 aromatic heterocycles. The number of ether oxygens (including phenoxy) is 2. The quantitative estimate of drug-likeness (QED) is 0.501. The molecular weight excluding hydrogens is 334 g/mol. The molecule has 0 bridgehead atoms. The van der Waals surface area contributed by atoms with Crippen LogP contribution < -0.4 is 10.6 Å². The lowest BCUT2D eigenvalue weighted by atomic mass is 10.1. The highest BCUT2D eigenvalue weighted by Gasteiger charge is 2.43. The lowest BCUT2D eigenvalue weighted by molar-refractivity contribution is 0.150. The number of methoxy groups -OCH3 is 2. The monoisotopic (exact) mass is 353 g/mol. The van der Waals surface area contributed by atoms with E-state index in [2.05, 4.69) is 26.7 Å². The van der Waals surface area contributed by atoms with Gasteiger partial charge >= 0.3 is 0 Å².